The molecule has 0 bridgehead atoms. The lowest BCUT2D eigenvalue weighted by molar-refractivity contribution is 0.485. The molecule has 3 aromatic heterocycles. The van der Waals surface area contributed by atoms with Crippen molar-refractivity contribution in [1.82, 2.24) is 29.7 Å². The molecule has 4 heterocycles. The number of rotatable bonds is 2. The van der Waals surface area contributed by atoms with Gasteiger partial charge in [-0.05, 0) is 6.92 Å². The third-order valence-corrected chi connectivity index (χ3v) is 4.09. The molecule has 0 aromatic carbocycles. The summed E-state index contributed by atoms with van der Waals surface area (Å²) in [6, 6.07) is 0.485. The molecule has 1 aliphatic heterocycles. The van der Waals surface area contributed by atoms with E-state index in [-0.39, 0.29) is 12.4 Å². The molecule has 0 saturated carbocycles. The van der Waals surface area contributed by atoms with Crippen LogP contribution >= 0.6 is 12.4 Å². The van der Waals surface area contributed by atoms with Crippen molar-refractivity contribution < 1.29 is 0 Å². The molecule has 1 N–H and O–H groups in total. The van der Waals surface area contributed by atoms with Gasteiger partial charge in [-0.25, -0.2) is 9.50 Å². The SMILES string of the molecule is C[C@@H]1CN(c2cnn3cc(-c4cnn(C)c4)cnc23)CCN1.Cl. The first-order chi connectivity index (χ1) is 10.7. The number of anilines is 1. The lowest BCUT2D eigenvalue weighted by Crippen LogP contribution is -2.49. The van der Waals surface area contributed by atoms with Gasteiger partial charge in [0, 0.05) is 62.4 Å². The van der Waals surface area contributed by atoms with Crippen molar-refractivity contribution in [2.75, 3.05) is 24.5 Å². The van der Waals surface area contributed by atoms with E-state index in [1.807, 2.05) is 42.5 Å². The zero-order valence-corrected chi connectivity index (χ0v) is 14.0. The van der Waals surface area contributed by atoms with Crippen molar-refractivity contribution in [2.24, 2.45) is 7.05 Å². The fraction of sp³-hybridized carbons (Fsp3) is 0.400. The van der Waals surface area contributed by atoms with Crippen LogP contribution in [0, 0.1) is 0 Å². The van der Waals surface area contributed by atoms with Crippen molar-refractivity contribution >= 4 is 23.7 Å². The Morgan fingerprint density at radius 1 is 1.13 bits per heavy atom. The minimum absolute atomic E-state index is 0. The van der Waals surface area contributed by atoms with Crippen LogP contribution < -0.4 is 10.2 Å². The first-order valence-electron chi connectivity index (χ1n) is 7.51. The Hall–Kier alpha value is -2.12. The zero-order valence-electron chi connectivity index (χ0n) is 13.2. The van der Waals surface area contributed by atoms with Crippen molar-refractivity contribution in [1.29, 1.82) is 0 Å². The largest absolute Gasteiger partial charge is 0.364 e. The second kappa shape index (κ2) is 6.17. The van der Waals surface area contributed by atoms with E-state index in [1.54, 1.807) is 4.68 Å². The standard InChI is InChI=1S/C15H19N7.ClH/c1-11-8-21(4-3-16-11)14-7-19-22-10-12(5-17-15(14)22)13-6-18-20(2)9-13;/h5-7,9-11,16H,3-4,8H2,1-2H3;1H/t11-;/m1./s1. The summed E-state index contributed by atoms with van der Waals surface area (Å²) in [5.74, 6) is 0. The minimum Gasteiger partial charge on any atom is -0.364 e. The van der Waals surface area contributed by atoms with Gasteiger partial charge in [-0.1, -0.05) is 0 Å². The zero-order chi connectivity index (χ0) is 15.1. The van der Waals surface area contributed by atoms with Crippen LogP contribution in [0.25, 0.3) is 16.8 Å². The lowest BCUT2D eigenvalue weighted by atomic mass is 10.2. The first-order valence-corrected chi connectivity index (χ1v) is 7.51. The number of aromatic nitrogens is 5. The predicted octanol–water partition coefficient (Wildman–Crippen LogP) is 1.35. The van der Waals surface area contributed by atoms with Crippen LogP contribution in [-0.2, 0) is 7.05 Å². The molecule has 1 atom stereocenters. The number of hydrogen-bond acceptors (Lipinski definition) is 5. The third kappa shape index (κ3) is 2.89. The highest BCUT2D eigenvalue weighted by atomic mass is 35.5. The van der Waals surface area contributed by atoms with Crippen molar-refractivity contribution in [3.8, 4) is 11.1 Å². The van der Waals surface area contributed by atoms with E-state index in [0.717, 1.165) is 42.1 Å². The molecule has 0 unspecified atom stereocenters. The topological polar surface area (TPSA) is 63.3 Å². The lowest BCUT2D eigenvalue weighted by Gasteiger charge is -2.32. The van der Waals surface area contributed by atoms with Gasteiger partial charge in [-0.3, -0.25) is 4.68 Å². The van der Waals surface area contributed by atoms with E-state index >= 15 is 0 Å². The van der Waals surface area contributed by atoms with E-state index in [4.69, 9.17) is 0 Å². The quantitative estimate of drug-likeness (QED) is 0.767. The summed E-state index contributed by atoms with van der Waals surface area (Å²) in [6.45, 7) is 5.16. The molecule has 122 valence electrons. The molecule has 0 radical (unpaired) electrons. The average molecular weight is 334 g/mol. The van der Waals surface area contributed by atoms with Gasteiger partial charge in [0.2, 0.25) is 0 Å². The fourth-order valence-corrected chi connectivity index (χ4v) is 2.96. The molecule has 3 aromatic rings. The summed E-state index contributed by atoms with van der Waals surface area (Å²) < 4.78 is 3.64. The summed E-state index contributed by atoms with van der Waals surface area (Å²) >= 11 is 0. The summed E-state index contributed by atoms with van der Waals surface area (Å²) in [6.07, 6.45) is 9.63. The van der Waals surface area contributed by atoms with Crippen LogP contribution in [0.3, 0.4) is 0 Å². The van der Waals surface area contributed by atoms with Crippen molar-refractivity contribution in [3.63, 3.8) is 0 Å². The Labute approximate surface area is 140 Å². The van der Waals surface area contributed by atoms with Crippen LogP contribution in [0.15, 0.2) is 31.0 Å². The highest BCUT2D eigenvalue weighted by molar-refractivity contribution is 5.85. The number of aryl methyl sites for hydroxylation is 1. The molecule has 1 aliphatic rings. The fourth-order valence-electron chi connectivity index (χ4n) is 2.96. The number of nitrogens with zero attached hydrogens (tertiary/aromatic N) is 6. The van der Waals surface area contributed by atoms with E-state index < -0.39 is 0 Å². The molecule has 1 saturated heterocycles. The van der Waals surface area contributed by atoms with Gasteiger partial charge < -0.3 is 10.2 Å². The minimum atomic E-state index is 0. The monoisotopic (exact) mass is 333 g/mol. The Morgan fingerprint density at radius 3 is 2.70 bits per heavy atom. The second-order valence-electron chi connectivity index (χ2n) is 5.84. The number of hydrogen-bond donors (Lipinski definition) is 1. The van der Waals surface area contributed by atoms with Gasteiger partial charge in [-0.2, -0.15) is 10.2 Å². The Morgan fingerprint density at radius 2 is 1.96 bits per heavy atom. The van der Waals surface area contributed by atoms with Gasteiger partial charge in [0.1, 0.15) is 5.69 Å². The molecular weight excluding hydrogens is 314 g/mol. The molecule has 7 nitrogen and oxygen atoms in total. The maximum atomic E-state index is 4.63. The molecular formula is C15H20ClN7. The molecule has 0 spiro atoms. The maximum absolute atomic E-state index is 4.63. The summed E-state index contributed by atoms with van der Waals surface area (Å²) in [7, 11) is 1.91. The van der Waals surface area contributed by atoms with Gasteiger partial charge >= 0.3 is 0 Å². The molecule has 0 amide bonds. The van der Waals surface area contributed by atoms with Crippen molar-refractivity contribution in [3.05, 3.63) is 31.0 Å². The van der Waals surface area contributed by atoms with Crippen molar-refractivity contribution in [2.45, 2.75) is 13.0 Å². The van der Waals surface area contributed by atoms with E-state index in [2.05, 4.69) is 32.3 Å². The third-order valence-electron chi connectivity index (χ3n) is 4.09. The first kappa shape index (κ1) is 15.8. The predicted molar refractivity (Wildman–Crippen MR) is 92.1 cm³/mol. The Kier molecular flexibility index (Phi) is 4.23. The van der Waals surface area contributed by atoms with Crippen LogP contribution in [0.2, 0.25) is 0 Å². The van der Waals surface area contributed by atoms with E-state index in [0.29, 0.717) is 6.04 Å². The van der Waals surface area contributed by atoms with Crippen LogP contribution in [0.4, 0.5) is 5.69 Å². The van der Waals surface area contributed by atoms with Gasteiger partial charge in [0.15, 0.2) is 5.65 Å². The number of nitrogens with one attached hydrogen (secondary N) is 1. The van der Waals surface area contributed by atoms with Gasteiger partial charge in [-0.15, -0.1) is 12.4 Å². The van der Waals surface area contributed by atoms with E-state index in [1.165, 1.54) is 0 Å². The van der Waals surface area contributed by atoms with Crippen LogP contribution in [0.1, 0.15) is 6.92 Å². The highest BCUT2D eigenvalue weighted by Crippen LogP contribution is 2.24. The summed E-state index contributed by atoms with van der Waals surface area (Å²) in [5.41, 5.74) is 4.07. The number of piperazine rings is 1. The summed E-state index contributed by atoms with van der Waals surface area (Å²) in [5, 5.41) is 12.1. The number of fused-ring (bicyclic) bond motifs is 1. The average Bonchev–Trinajstić information content (AvgIpc) is 3.12. The Balaban J connectivity index is 0.00000156. The molecule has 23 heavy (non-hydrogen) atoms. The molecule has 0 aliphatic carbocycles. The smallest absolute Gasteiger partial charge is 0.178 e. The normalized spacial score (nSPS) is 18.2. The second-order valence-corrected chi connectivity index (χ2v) is 5.84. The summed E-state index contributed by atoms with van der Waals surface area (Å²) in [4.78, 5) is 6.98. The number of halogens is 1. The van der Waals surface area contributed by atoms with Gasteiger partial charge in [0.25, 0.3) is 0 Å². The van der Waals surface area contributed by atoms with Gasteiger partial charge in [0.05, 0.1) is 12.4 Å². The highest BCUT2D eigenvalue weighted by Gasteiger charge is 2.20. The van der Waals surface area contributed by atoms with Crippen LogP contribution in [-0.4, -0.2) is 50.1 Å². The Bertz CT molecular complexity index is 809. The molecule has 1 fully saturated rings. The maximum Gasteiger partial charge on any atom is 0.178 e. The van der Waals surface area contributed by atoms with E-state index in [9.17, 15) is 0 Å². The van der Waals surface area contributed by atoms with Crippen LogP contribution in [0.5, 0.6) is 0 Å². The molecule has 8 heteroatoms. The molecule has 4 rings (SSSR count).